The lowest BCUT2D eigenvalue weighted by Crippen LogP contribution is -1.87. The summed E-state index contributed by atoms with van der Waals surface area (Å²) in [6.07, 6.45) is 10.8. The van der Waals surface area contributed by atoms with E-state index >= 15 is 0 Å². The minimum Gasteiger partial charge on any atom is -0.0795 e. The third-order valence-corrected chi connectivity index (χ3v) is 7.58. The van der Waals surface area contributed by atoms with E-state index < -0.39 is 0 Å². The van der Waals surface area contributed by atoms with Gasteiger partial charge in [0.15, 0.2) is 0 Å². The van der Waals surface area contributed by atoms with E-state index in [1.54, 1.807) is 0 Å². The van der Waals surface area contributed by atoms with Crippen molar-refractivity contribution < 1.29 is 0 Å². The number of hydrogen-bond acceptors (Lipinski definition) is 0. The van der Waals surface area contributed by atoms with Crippen LogP contribution in [0.15, 0.2) is 170 Å². The second-order valence-electron chi connectivity index (χ2n) is 10.5. The van der Waals surface area contributed by atoms with Gasteiger partial charge in [-0.15, -0.1) is 0 Å². The molecule has 0 aliphatic rings. The van der Waals surface area contributed by atoms with Crippen LogP contribution in [0.5, 0.6) is 0 Å². The molecule has 0 radical (unpaired) electrons. The minimum absolute atomic E-state index is 0.889. The fourth-order valence-corrected chi connectivity index (χ4v) is 5.45. The van der Waals surface area contributed by atoms with E-state index in [1.807, 2.05) is 0 Å². The highest BCUT2D eigenvalue weighted by atomic mass is 14.1. The van der Waals surface area contributed by atoms with E-state index in [0.29, 0.717) is 0 Å². The number of allylic oxidation sites excluding steroid dienone is 2. The first-order chi connectivity index (χ1) is 20.8. The van der Waals surface area contributed by atoms with Crippen molar-refractivity contribution in [2.24, 2.45) is 0 Å². The Morgan fingerprint density at radius 2 is 0.714 bits per heavy atom. The molecule has 0 bridgehead atoms. The van der Waals surface area contributed by atoms with Crippen LogP contribution in [0.2, 0.25) is 0 Å². The Morgan fingerprint density at radius 1 is 0.333 bits per heavy atom. The van der Waals surface area contributed by atoms with Gasteiger partial charge in [0.1, 0.15) is 0 Å². The van der Waals surface area contributed by atoms with Crippen LogP contribution in [0.1, 0.15) is 22.3 Å². The van der Waals surface area contributed by atoms with Gasteiger partial charge in [0.05, 0.1) is 0 Å². The van der Waals surface area contributed by atoms with Crippen molar-refractivity contribution >= 4 is 12.2 Å². The molecule has 0 saturated heterocycles. The van der Waals surface area contributed by atoms with Crippen LogP contribution < -0.4 is 0 Å². The summed E-state index contributed by atoms with van der Waals surface area (Å²) in [5, 5.41) is 0. The predicted molar refractivity (Wildman–Crippen MR) is 181 cm³/mol. The third-order valence-electron chi connectivity index (χ3n) is 7.58. The van der Waals surface area contributed by atoms with E-state index in [2.05, 4.69) is 182 Å². The maximum Gasteiger partial charge on any atom is -0.00939 e. The molecule has 0 heterocycles. The maximum absolute atomic E-state index is 2.32. The highest BCUT2D eigenvalue weighted by molar-refractivity contribution is 5.76. The molecule has 6 aromatic carbocycles. The summed E-state index contributed by atoms with van der Waals surface area (Å²) < 4.78 is 0. The minimum atomic E-state index is 0.889. The van der Waals surface area contributed by atoms with Crippen LogP contribution in [0.4, 0.5) is 0 Å². The molecular weight excluding hydrogens is 504 g/mol. The average Bonchev–Trinajstić information content (AvgIpc) is 3.06. The molecule has 0 aromatic heterocycles. The summed E-state index contributed by atoms with van der Waals surface area (Å²) in [7, 11) is 0. The largest absolute Gasteiger partial charge is 0.0795 e. The highest BCUT2D eigenvalue weighted by Gasteiger charge is 2.04. The Kier molecular flexibility index (Phi) is 8.64. The molecule has 0 amide bonds. The molecule has 0 N–H and O–H groups in total. The Hall–Kier alpha value is -5.20. The van der Waals surface area contributed by atoms with Crippen molar-refractivity contribution in [1.82, 2.24) is 0 Å². The van der Waals surface area contributed by atoms with Gasteiger partial charge in [0.25, 0.3) is 0 Å². The summed E-state index contributed by atoms with van der Waals surface area (Å²) in [5.74, 6) is 0. The molecule has 0 nitrogen and oxygen atoms in total. The van der Waals surface area contributed by atoms with Crippen molar-refractivity contribution in [1.29, 1.82) is 0 Å². The van der Waals surface area contributed by atoms with Crippen LogP contribution in [-0.4, -0.2) is 0 Å². The average molecular weight is 539 g/mol. The Labute approximate surface area is 250 Å². The predicted octanol–water partition coefficient (Wildman–Crippen LogP) is 11.2. The Bertz CT molecular complexity index is 1670. The summed E-state index contributed by atoms with van der Waals surface area (Å²) in [4.78, 5) is 0. The van der Waals surface area contributed by atoms with E-state index in [-0.39, 0.29) is 0 Å². The van der Waals surface area contributed by atoms with Crippen LogP contribution in [0, 0.1) is 0 Å². The normalized spacial score (nSPS) is 11.3. The topological polar surface area (TPSA) is 0 Å². The smallest absolute Gasteiger partial charge is 0.00939 e. The fraction of sp³-hybridized carbons (Fsp3) is 0.0476. The second-order valence-corrected chi connectivity index (χ2v) is 10.5. The first kappa shape index (κ1) is 27.0. The number of hydrogen-bond donors (Lipinski definition) is 0. The lowest BCUT2D eigenvalue weighted by molar-refractivity contribution is 1.27. The lowest BCUT2D eigenvalue weighted by atomic mass is 9.97. The Balaban J connectivity index is 1.15. The monoisotopic (exact) mass is 538 g/mol. The molecular formula is C42H34. The molecule has 42 heavy (non-hydrogen) atoms. The van der Waals surface area contributed by atoms with Crippen LogP contribution >= 0.6 is 0 Å². The van der Waals surface area contributed by atoms with Crippen molar-refractivity contribution in [2.45, 2.75) is 12.8 Å². The van der Waals surface area contributed by atoms with Gasteiger partial charge in [-0.25, -0.2) is 0 Å². The summed E-state index contributed by atoms with van der Waals surface area (Å²) in [5.41, 5.74) is 12.6. The molecule has 0 unspecified atom stereocenters. The molecule has 202 valence electrons. The van der Waals surface area contributed by atoms with E-state index in [4.69, 9.17) is 0 Å². The zero-order chi connectivity index (χ0) is 28.4. The Morgan fingerprint density at radius 3 is 1.17 bits per heavy atom. The van der Waals surface area contributed by atoms with Crippen LogP contribution in [0.25, 0.3) is 45.5 Å². The molecule has 0 atom stereocenters. The fourth-order valence-electron chi connectivity index (χ4n) is 5.45. The van der Waals surface area contributed by atoms with Crippen molar-refractivity contribution in [3.63, 3.8) is 0 Å². The maximum atomic E-state index is 2.32. The molecule has 0 heteroatoms. The molecule has 0 aliphatic carbocycles. The molecule has 0 saturated carbocycles. The van der Waals surface area contributed by atoms with Crippen molar-refractivity contribution in [3.8, 4) is 33.4 Å². The van der Waals surface area contributed by atoms with Gasteiger partial charge in [0, 0.05) is 0 Å². The number of benzene rings is 6. The lowest BCUT2D eigenvalue weighted by Gasteiger charge is -2.08. The van der Waals surface area contributed by atoms with Crippen LogP contribution in [0.3, 0.4) is 0 Å². The number of rotatable bonds is 9. The molecule has 6 rings (SSSR count). The van der Waals surface area contributed by atoms with Gasteiger partial charge in [-0.2, -0.15) is 0 Å². The zero-order valence-electron chi connectivity index (χ0n) is 23.7. The van der Waals surface area contributed by atoms with Gasteiger partial charge >= 0.3 is 0 Å². The van der Waals surface area contributed by atoms with Crippen LogP contribution in [-0.2, 0) is 12.8 Å². The van der Waals surface area contributed by atoms with Gasteiger partial charge in [-0.05, 0) is 68.5 Å². The molecule has 0 spiro atoms. The summed E-state index contributed by atoms with van der Waals surface area (Å²) >= 11 is 0. The standard InChI is InChI=1S/C42H34/c1-3-19-35(20-4-1)41-29-9-7-23-37(41)25-11-15-33-17-13-27-39(31-33)40-28-14-18-34(32-40)16-12-26-38-24-8-10-30-42(38)36-21-5-2-6-22-36/h1-14,17-32H,15-16H2/b25-11+,26-12+. The molecule has 0 aliphatic heterocycles. The summed E-state index contributed by atoms with van der Waals surface area (Å²) in [6, 6.07) is 56.2. The van der Waals surface area contributed by atoms with Crippen molar-refractivity contribution in [2.75, 3.05) is 0 Å². The second kappa shape index (κ2) is 13.4. The zero-order valence-corrected chi connectivity index (χ0v) is 23.7. The van der Waals surface area contributed by atoms with Gasteiger partial charge in [0.2, 0.25) is 0 Å². The molecule has 0 fully saturated rings. The van der Waals surface area contributed by atoms with E-state index in [1.165, 1.54) is 55.6 Å². The van der Waals surface area contributed by atoms with E-state index in [0.717, 1.165) is 12.8 Å². The first-order valence-corrected chi connectivity index (χ1v) is 14.6. The summed E-state index contributed by atoms with van der Waals surface area (Å²) in [6.45, 7) is 0. The van der Waals surface area contributed by atoms with Gasteiger partial charge in [-0.3, -0.25) is 0 Å². The van der Waals surface area contributed by atoms with Gasteiger partial charge in [-0.1, -0.05) is 182 Å². The van der Waals surface area contributed by atoms with Gasteiger partial charge < -0.3 is 0 Å². The highest BCUT2D eigenvalue weighted by Crippen LogP contribution is 2.27. The molecule has 6 aromatic rings. The van der Waals surface area contributed by atoms with Crippen molar-refractivity contribution in [3.05, 3.63) is 192 Å². The first-order valence-electron chi connectivity index (χ1n) is 14.6. The SMILES string of the molecule is C(=C\c1ccccc1-c1ccccc1)/Cc1cccc(-c2cccc(C/C=C/c3ccccc3-c3ccccc3)c2)c1. The quantitative estimate of drug-likeness (QED) is 0.172. The van der Waals surface area contributed by atoms with E-state index in [9.17, 15) is 0 Å². The third kappa shape index (κ3) is 6.74.